The van der Waals surface area contributed by atoms with Gasteiger partial charge in [-0.05, 0) is 61.1 Å². The highest BCUT2D eigenvalue weighted by atomic mass is 35.5. The Kier molecular flexibility index (Phi) is 6.19. The maximum Gasteiger partial charge on any atom is 0.261 e. The van der Waals surface area contributed by atoms with Crippen molar-refractivity contribution in [2.45, 2.75) is 43.4 Å². The molecule has 3 rings (SSSR count). The van der Waals surface area contributed by atoms with Crippen molar-refractivity contribution in [1.29, 1.82) is 0 Å². The molecule has 8 heteroatoms. The van der Waals surface area contributed by atoms with Crippen molar-refractivity contribution in [1.82, 2.24) is 5.32 Å². The maximum atomic E-state index is 13.3. The van der Waals surface area contributed by atoms with Crippen LogP contribution < -0.4 is 10.0 Å². The fourth-order valence-corrected chi connectivity index (χ4v) is 4.46. The van der Waals surface area contributed by atoms with Gasteiger partial charge in [0.25, 0.3) is 10.0 Å². The largest absolute Gasteiger partial charge is 0.355 e. The van der Waals surface area contributed by atoms with Crippen LogP contribution in [-0.4, -0.2) is 20.9 Å². The number of nitrogens with one attached hydrogen (secondary N) is 2. The molecule has 1 amide bonds. The fraction of sp³-hybridized carbons (Fsp3) is 0.381. The van der Waals surface area contributed by atoms with Crippen LogP contribution in [0.4, 0.5) is 10.1 Å². The number of hydrogen-bond acceptors (Lipinski definition) is 3. The Morgan fingerprint density at radius 2 is 1.83 bits per heavy atom. The monoisotopic (exact) mass is 438 g/mol. The lowest BCUT2D eigenvalue weighted by Gasteiger charge is -2.17. The first-order valence-electron chi connectivity index (χ1n) is 9.51. The topological polar surface area (TPSA) is 75.3 Å². The Balaban J connectivity index is 1.70. The highest BCUT2D eigenvalue weighted by molar-refractivity contribution is 7.92. The zero-order valence-electron chi connectivity index (χ0n) is 16.3. The quantitative estimate of drug-likeness (QED) is 0.638. The molecule has 5 nitrogen and oxygen atoms in total. The van der Waals surface area contributed by atoms with E-state index in [1.165, 1.54) is 0 Å². The minimum absolute atomic E-state index is 0.0208. The first-order chi connectivity index (χ1) is 13.6. The second-order valence-corrected chi connectivity index (χ2v) is 9.87. The van der Waals surface area contributed by atoms with Crippen LogP contribution in [0.3, 0.4) is 0 Å². The molecular weight excluding hydrogens is 415 g/mol. The molecular formula is C21H24ClFN2O3S. The first-order valence-corrected chi connectivity index (χ1v) is 11.4. The molecule has 0 radical (unpaired) electrons. The minimum atomic E-state index is -3.90. The molecule has 1 aliphatic carbocycles. The van der Waals surface area contributed by atoms with Gasteiger partial charge in [0.15, 0.2) is 0 Å². The van der Waals surface area contributed by atoms with Crippen molar-refractivity contribution in [2.24, 2.45) is 5.92 Å². The summed E-state index contributed by atoms with van der Waals surface area (Å²) in [5.74, 6) is -0.141. The van der Waals surface area contributed by atoms with Crippen LogP contribution in [0.25, 0.3) is 0 Å². The van der Waals surface area contributed by atoms with Crippen molar-refractivity contribution < 1.29 is 17.6 Å². The van der Waals surface area contributed by atoms with Crippen molar-refractivity contribution in [3.05, 3.63) is 58.9 Å². The van der Waals surface area contributed by atoms with Crippen LogP contribution in [0.15, 0.2) is 47.4 Å². The van der Waals surface area contributed by atoms with Crippen LogP contribution in [0.1, 0.15) is 38.7 Å². The van der Waals surface area contributed by atoms with Gasteiger partial charge >= 0.3 is 0 Å². The normalized spacial score (nSPS) is 15.2. The Morgan fingerprint density at radius 1 is 1.17 bits per heavy atom. The number of carbonyl (C=O) groups is 1. The Bertz CT molecular complexity index is 1000. The Morgan fingerprint density at radius 3 is 2.38 bits per heavy atom. The average Bonchev–Trinajstić information content (AvgIpc) is 3.46. The van der Waals surface area contributed by atoms with Gasteiger partial charge in [0.2, 0.25) is 5.91 Å². The predicted octanol–water partition coefficient (Wildman–Crippen LogP) is 4.47. The summed E-state index contributed by atoms with van der Waals surface area (Å²) >= 11 is 5.68. The zero-order valence-corrected chi connectivity index (χ0v) is 17.9. The SMILES string of the molecule is CC(C)CCNC(=O)C1(c2ccc(NS(=O)(=O)c3ccc(F)c(Cl)c3)cc2)CC1. The number of carbonyl (C=O) groups excluding carboxylic acids is 1. The van der Waals surface area contributed by atoms with Gasteiger partial charge in [-0.15, -0.1) is 0 Å². The third-order valence-electron chi connectivity index (χ3n) is 5.08. The number of rotatable bonds is 8. The standard InChI is InChI=1S/C21H24ClFN2O3S/c1-14(2)9-12-24-20(26)21(10-11-21)15-3-5-16(6-4-15)25-29(27,28)17-7-8-19(23)18(22)13-17/h3-8,13-14,25H,9-12H2,1-2H3,(H,24,26). The number of hydrogen-bond donors (Lipinski definition) is 2. The minimum Gasteiger partial charge on any atom is -0.355 e. The van der Waals surface area contributed by atoms with Crippen LogP contribution in [-0.2, 0) is 20.2 Å². The van der Waals surface area contributed by atoms with E-state index in [9.17, 15) is 17.6 Å². The molecule has 1 aliphatic rings. The van der Waals surface area contributed by atoms with Gasteiger partial charge in [0.05, 0.1) is 15.3 Å². The third-order valence-corrected chi connectivity index (χ3v) is 6.75. The molecule has 0 heterocycles. The molecule has 0 aromatic heterocycles. The summed E-state index contributed by atoms with van der Waals surface area (Å²) < 4.78 is 40.7. The Hall–Kier alpha value is -2.12. The lowest BCUT2D eigenvalue weighted by atomic mass is 9.94. The summed E-state index contributed by atoms with van der Waals surface area (Å²) in [6, 6.07) is 10.0. The third kappa shape index (κ3) is 4.90. The molecule has 156 valence electrons. The highest BCUT2D eigenvalue weighted by Gasteiger charge is 2.51. The molecule has 0 atom stereocenters. The Labute approximate surface area is 175 Å². The molecule has 1 fully saturated rings. The molecule has 1 saturated carbocycles. The van der Waals surface area contributed by atoms with E-state index in [-0.39, 0.29) is 15.8 Å². The average molecular weight is 439 g/mol. The van der Waals surface area contributed by atoms with Gasteiger partial charge in [0, 0.05) is 12.2 Å². The van der Waals surface area contributed by atoms with E-state index in [4.69, 9.17) is 11.6 Å². The maximum absolute atomic E-state index is 13.3. The highest BCUT2D eigenvalue weighted by Crippen LogP contribution is 2.48. The van der Waals surface area contributed by atoms with Gasteiger partial charge < -0.3 is 5.32 Å². The lowest BCUT2D eigenvalue weighted by Crippen LogP contribution is -2.35. The lowest BCUT2D eigenvalue weighted by molar-refractivity contribution is -0.123. The van der Waals surface area contributed by atoms with E-state index in [0.717, 1.165) is 43.0 Å². The number of benzene rings is 2. The van der Waals surface area contributed by atoms with Gasteiger partial charge in [-0.2, -0.15) is 0 Å². The van der Waals surface area contributed by atoms with Crippen molar-refractivity contribution >= 4 is 33.2 Å². The molecule has 0 aliphatic heterocycles. The number of sulfonamides is 1. The van der Waals surface area contributed by atoms with E-state index in [1.54, 1.807) is 24.3 Å². The van der Waals surface area contributed by atoms with Gasteiger partial charge in [0.1, 0.15) is 5.82 Å². The van der Waals surface area contributed by atoms with Crippen LogP contribution >= 0.6 is 11.6 Å². The smallest absolute Gasteiger partial charge is 0.261 e. The van der Waals surface area contributed by atoms with E-state index in [2.05, 4.69) is 23.9 Å². The molecule has 2 N–H and O–H groups in total. The zero-order chi connectivity index (χ0) is 21.2. The molecule has 0 spiro atoms. The molecule has 0 bridgehead atoms. The van der Waals surface area contributed by atoms with Crippen molar-refractivity contribution in [3.63, 3.8) is 0 Å². The van der Waals surface area contributed by atoms with Crippen molar-refractivity contribution in [2.75, 3.05) is 11.3 Å². The summed E-state index contributed by atoms with van der Waals surface area (Å²) in [5.41, 5.74) is 0.705. The fourth-order valence-electron chi connectivity index (χ4n) is 3.13. The predicted molar refractivity (Wildman–Crippen MR) is 112 cm³/mol. The summed E-state index contributed by atoms with van der Waals surface area (Å²) in [7, 11) is -3.90. The summed E-state index contributed by atoms with van der Waals surface area (Å²) in [4.78, 5) is 12.5. The van der Waals surface area contributed by atoms with Crippen LogP contribution in [0, 0.1) is 11.7 Å². The second kappa shape index (κ2) is 8.32. The summed E-state index contributed by atoms with van der Waals surface area (Å²) in [6.07, 6.45) is 2.48. The molecule has 0 unspecified atom stereocenters. The molecule has 2 aromatic carbocycles. The summed E-state index contributed by atoms with van der Waals surface area (Å²) in [5, 5.41) is 2.74. The number of anilines is 1. The molecule has 29 heavy (non-hydrogen) atoms. The first kappa shape index (κ1) is 21.6. The van der Waals surface area contributed by atoms with Crippen LogP contribution in [0.2, 0.25) is 5.02 Å². The van der Waals surface area contributed by atoms with Gasteiger partial charge in [-0.1, -0.05) is 37.6 Å². The number of halogens is 2. The molecule has 0 saturated heterocycles. The van der Waals surface area contributed by atoms with E-state index in [0.29, 0.717) is 18.2 Å². The van der Waals surface area contributed by atoms with E-state index < -0.39 is 21.3 Å². The van der Waals surface area contributed by atoms with Crippen LogP contribution in [0.5, 0.6) is 0 Å². The van der Waals surface area contributed by atoms with E-state index in [1.807, 2.05) is 0 Å². The second-order valence-electron chi connectivity index (χ2n) is 7.78. The van der Waals surface area contributed by atoms with E-state index >= 15 is 0 Å². The van der Waals surface area contributed by atoms with Gasteiger partial charge in [-0.3, -0.25) is 9.52 Å². The summed E-state index contributed by atoms with van der Waals surface area (Å²) in [6.45, 7) is 4.87. The molecule has 2 aromatic rings. The number of amides is 1. The van der Waals surface area contributed by atoms with Gasteiger partial charge in [-0.25, -0.2) is 12.8 Å². The van der Waals surface area contributed by atoms with Crippen molar-refractivity contribution in [3.8, 4) is 0 Å².